The molecule has 3 aromatic carbocycles. The van der Waals surface area contributed by atoms with Crippen LogP contribution in [0.3, 0.4) is 0 Å². The fourth-order valence-electron chi connectivity index (χ4n) is 5.24. The van der Waals surface area contributed by atoms with Crippen molar-refractivity contribution in [3.8, 4) is 16.9 Å². The number of amides is 1. The van der Waals surface area contributed by atoms with Crippen molar-refractivity contribution < 1.29 is 9.90 Å². The summed E-state index contributed by atoms with van der Waals surface area (Å²) in [7, 11) is 1.87. The molecule has 0 aromatic heterocycles. The van der Waals surface area contributed by atoms with Crippen LogP contribution in [0, 0.1) is 13.8 Å². The SMILES string of the molecule is Cc1cc(Cl)cc(N2C=Nc3cc(C)c(-c4cccc(O)c4)cc3C2C(=O)N(C)C[C@@H]2CCCN2)c1. The van der Waals surface area contributed by atoms with E-state index < -0.39 is 6.04 Å². The molecule has 2 atom stereocenters. The first kappa shape index (κ1) is 24.3. The van der Waals surface area contributed by atoms with Crippen LogP contribution >= 0.6 is 11.6 Å². The smallest absolute Gasteiger partial charge is 0.250 e. The number of aromatic hydroxyl groups is 1. The largest absolute Gasteiger partial charge is 0.508 e. The molecule has 6 nitrogen and oxygen atoms in total. The molecule has 1 unspecified atom stereocenters. The highest BCUT2D eigenvalue weighted by Crippen LogP contribution is 2.41. The maximum absolute atomic E-state index is 14.1. The van der Waals surface area contributed by atoms with Crippen molar-refractivity contribution in [1.29, 1.82) is 0 Å². The van der Waals surface area contributed by atoms with E-state index in [4.69, 9.17) is 16.6 Å². The van der Waals surface area contributed by atoms with Crippen LogP contribution in [0.4, 0.5) is 11.4 Å². The summed E-state index contributed by atoms with van der Waals surface area (Å²) in [5.74, 6) is 0.203. The van der Waals surface area contributed by atoms with Crippen molar-refractivity contribution in [2.45, 2.75) is 38.8 Å². The van der Waals surface area contributed by atoms with Crippen LogP contribution in [-0.4, -0.2) is 48.4 Å². The van der Waals surface area contributed by atoms with Crippen LogP contribution in [0.15, 0.2) is 59.6 Å². The number of likely N-dealkylation sites (N-methyl/N-ethyl adjacent to an activating group) is 1. The van der Waals surface area contributed by atoms with Crippen molar-refractivity contribution in [3.05, 3.63) is 76.3 Å². The Bertz CT molecular complexity index is 1310. The molecule has 0 radical (unpaired) electrons. The number of hydrogen-bond acceptors (Lipinski definition) is 5. The van der Waals surface area contributed by atoms with Gasteiger partial charge in [0, 0.05) is 35.9 Å². The molecule has 1 saturated heterocycles. The standard InChI is InChI=1S/C29H31ClN4O2/c1-18-10-21(30)14-23(11-18)34-17-32-27-12-19(2)25(20-6-4-8-24(35)13-20)15-26(27)28(34)29(36)33(3)16-22-7-5-9-31-22/h4,6,8,10-15,17,22,28,31,35H,5,7,9,16H2,1-3H3/t22-,28?/m0/s1. The first-order valence-corrected chi connectivity index (χ1v) is 12.7. The molecule has 186 valence electrons. The number of halogens is 1. The summed E-state index contributed by atoms with van der Waals surface area (Å²) in [5, 5.41) is 14.2. The van der Waals surface area contributed by atoms with Crippen LogP contribution in [0.2, 0.25) is 5.02 Å². The number of anilines is 1. The lowest BCUT2D eigenvalue weighted by Gasteiger charge is -2.36. The van der Waals surface area contributed by atoms with Gasteiger partial charge >= 0.3 is 0 Å². The molecule has 2 N–H and O–H groups in total. The monoisotopic (exact) mass is 502 g/mol. The molecule has 5 rings (SSSR count). The highest BCUT2D eigenvalue weighted by Gasteiger charge is 2.35. The van der Waals surface area contributed by atoms with Crippen LogP contribution in [-0.2, 0) is 4.79 Å². The number of phenols is 1. The van der Waals surface area contributed by atoms with E-state index in [1.54, 1.807) is 18.5 Å². The van der Waals surface area contributed by atoms with Gasteiger partial charge in [-0.2, -0.15) is 0 Å². The molecule has 1 amide bonds. The summed E-state index contributed by atoms with van der Waals surface area (Å²) in [6.07, 6.45) is 3.94. The minimum absolute atomic E-state index is 0.000518. The fourth-order valence-corrected chi connectivity index (χ4v) is 5.53. The van der Waals surface area contributed by atoms with E-state index in [-0.39, 0.29) is 11.7 Å². The minimum atomic E-state index is -0.599. The van der Waals surface area contributed by atoms with Crippen molar-refractivity contribution in [3.63, 3.8) is 0 Å². The molecular formula is C29H31ClN4O2. The summed E-state index contributed by atoms with van der Waals surface area (Å²) in [6, 6.07) is 16.8. The number of aliphatic imine (C=N–C) groups is 1. The van der Waals surface area contributed by atoms with Gasteiger partial charge in [0.15, 0.2) is 0 Å². The number of aryl methyl sites for hydroxylation is 2. The maximum atomic E-state index is 14.1. The molecule has 2 aliphatic rings. The first-order valence-electron chi connectivity index (χ1n) is 12.3. The van der Waals surface area contributed by atoms with Gasteiger partial charge in [-0.25, -0.2) is 4.99 Å². The molecule has 36 heavy (non-hydrogen) atoms. The third-order valence-corrected chi connectivity index (χ3v) is 7.23. The van der Waals surface area contributed by atoms with E-state index >= 15 is 0 Å². The van der Waals surface area contributed by atoms with Gasteiger partial charge in [-0.15, -0.1) is 0 Å². The number of phenolic OH excluding ortho intramolecular Hbond substituents is 1. The van der Waals surface area contributed by atoms with E-state index in [9.17, 15) is 9.90 Å². The van der Waals surface area contributed by atoms with Crippen molar-refractivity contribution in [2.24, 2.45) is 4.99 Å². The van der Waals surface area contributed by atoms with Gasteiger partial charge in [0.25, 0.3) is 0 Å². The number of benzene rings is 3. The van der Waals surface area contributed by atoms with Gasteiger partial charge in [-0.3, -0.25) is 4.79 Å². The number of rotatable bonds is 5. The topological polar surface area (TPSA) is 68.2 Å². The molecule has 2 heterocycles. The summed E-state index contributed by atoms with van der Waals surface area (Å²) in [5.41, 5.74) is 6.31. The second-order valence-corrected chi connectivity index (χ2v) is 10.3. The normalized spacial score (nSPS) is 18.8. The Balaban J connectivity index is 1.61. The second kappa shape index (κ2) is 9.96. The maximum Gasteiger partial charge on any atom is 0.250 e. The molecule has 0 bridgehead atoms. The summed E-state index contributed by atoms with van der Waals surface area (Å²) >= 11 is 6.42. The van der Waals surface area contributed by atoms with E-state index in [1.165, 1.54) is 0 Å². The summed E-state index contributed by atoms with van der Waals surface area (Å²) < 4.78 is 0. The lowest BCUT2D eigenvalue weighted by molar-refractivity contribution is -0.131. The Morgan fingerprint density at radius 1 is 1.19 bits per heavy atom. The molecule has 0 spiro atoms. The predicted octanol–water partition coefficient (Wildman–Crippen LogP) is 5.76. The van der Waals surface area contributed by atoms with Gasteiger partial charge in [-0.05, 0) is 98.0 Å². The zero-order valence-corrected chi connectivity index (χ0v) is 21.6. The lowest BCUT2D eigenvalue weighted by atomic mass is 9.91. The third-order valence-electron chi connectivity index (χ3n) is 7.02. The fraction of sp³-hybridized carbons (Fsp3) is 0.310. The van der Waals surface area contributed by atoms with Crippen LogP contribution in [0.25, 0.3) is 11.1 Å². The van der Waals surface area contributed by atoms with E-state index in [0.29, 0.717) is 17.6 Å². The zero-order chi connectivity index (χ0) is 25.4. The second-order valence-electron chi connectivity index (χ2n) is 9.83. The highest BCUT2D eigenvalue weighted by atomic mass is 35.5. The van der Waals surface area contributed by atoms with Crippen LogP contribution < -0.4 is 10.2 Å². The zero-order valence-electron chi connectivity index (χ0n) is 20.8. The molecule has 7 heteroatoms. The molecule has 1 fully saturated rings. The van der Waals surface area contributed by atoms with Gasteiger partial charge < -0.3 is 20.2 Å². The van der Waals surface area contributed by atoms with E-state index in [1.807, 2.05) is 73.2 Å². The van der Waals surface area contributed by atoms with Crippen molar-refractivity contribution in [1.82, 2.24) is 10.2 Å². The number of carbonyl (C=O) groups is 1. The Morgan fingerprint density at radius 3 is 2.75 bits per heavy atom. The van der Waals surface area contributed by atoms with Crippen LogP contribution in [0.5, 0.6) is 5.75 Å². The van der Waals surface area contributed by atoms with E-state index in [0.717, 1.165) is 58.6 Å². The van der Waals surface area contributed by atoms with Gasteiger partial charge in [-0.1, -0.05) is 23.7 Å². The molecule has 0 aliphatic carbocycles. The Morgan fingerprint density at radius 2 is 2.03 bits per heavy atom. The summed E-state index contributed by atoms with van der Waals surface area (Å²) in [4.78, 5) is 22.6. The van der Waals surface area contributed by atoms with Gasteiger partial charge in [0.2, 0.25) is 5.91 Å². The molecular weight excluding hydrogens is 472 g/mol. The van der Waals surface area contributed by atoms with Gasteiger partial charge in [0.1, 0.15) is 11.8 Å². The molecule has 2 aliphatic heterocycles. The number of nitrogens with one attached hydrogen (secondary N) is 1. The molecule has 3 aromatic rings. The van der Waals surface area contributed by atoms with Crippen molar-refractivity contribution >= 4 is 35.2 Å². The Hall–Kier alpha value is -3.35. The van der Waals surface area contributed by atoms with Gasteiger partial charge in [0.05, 0.1) is 12.0 Å². The summed E-state index contributed by atoms with van der Waals surface area (Å²) in [6.45, 7) is 5.65. The quantitative estimate of drug-likeness (QED) is 0.465. The first-order chi connectivity index (χ1) is 17.3. The molecule has 0 saturated carbocycles. The lowest BCUT2D eigenvalue weighted by Crippen LogP contribution is -2.46. The minimum Gasteiger partial charge on any atom is -0.508 e. The highest BCUT2D eigenvalue weighted by molar-refractivity contribution is 6.31. The van der Waals surface area contributed by atoms with Crippen LogP contribution in [0.1, 0.15) is 35.6 Å². The average Bonchev–Trinajstić information content (AvgIpc) is 3.35. The van der Waals surface area contributed by atoms with E-state index in [2.05, 4.69) is 5.32 Å². The number of carbonyl (C=O) groups excluding carboxylic acids is 1. The average molecular weight is 503 g/mol. The Kier molecular flexibility index (Phi) is 6.73. The number of fused-ring (bicyclic) bond motifs is 1. The van der Waals surface area contributed by atoms with Crippen molar-refractivity contribution in [2.75, 3.05) is 25.0 Å². The third kappa shape index (κ3) is 4.84. The number of nitrogens with zero attached hydrogens (tertiary/aromatic N) is 3. The predicted molar refractivity (Wildman–Crippen MR) is 147 cm³/mol. The number of hydrogen-bond donors (Lipinski definition) is 2. The Labute approximate surface area is 217 Å².